The molecule has 3 heterocycles. The summed E-state index contributed by atoms with van der Waals surface area (Å²) in [6.45, 7) is 1.60. The third-order valence-corrected chi connectivity index (χ3v) is 13.8. The Morgan fingerprint density at radius 3 is 1.39 bits per heavy atom. The van der Waals surface area contributed by atoms with E-state index in [0.717, 1.165) is 57.8 Å². The third kappa shape index (κ3) is 23.8. The highest BCUT2D eigenvalue weighted by molar-refractivity contribution is 5.76. The number of carbonyl (C=O) groups excluding carboxylic acids is 1. The molecule has 3 aliphatic rings. The first-order valence-electron chi connectivity index (χ1n) is 27.9. The summed E-state index contributed by atoms with van der Waals surface area (Å²) in [5, 5.41) is 120. The van der Waals surface area contributed by atoms with Gasteiger partial charge in [-0.3, -0.25) is 4.79 Å². The zero-order valence-electron chi connectivity index (χ0n) is 44.3. The highest BCUT2D eigenvalue weighted by Gasteiger charge is 2.53. The summed E-state index contributed by atoms with van der Waals surface area (Å²) < 4.78 is 34.1. The molecule has 430 valence electrons. The molecule has 3 fully saturated rings. The third-order valence-electron chi connectivity index (χ3n) is 13.8. The molecule has 0 aliphatic carbocycles. The Labute approximate surface area is 440 Å². The first-order chi connectivity index (χ1) is 35.8. The van der Waals surface area contributed by atoms with Gasteiger partial charge in [0.2, 0.25) is 5.91 Å². The quantitative estimate of drug-likeness (QED) is 0.0310. The van der Waals surface area contributed by atoms with Gasteiger partial charge >= 0.3 is 0 Å². The van der Waals surface area contributed by atoms with Crippen molar-refractivity contribution in [3.05, 3.63) is 48.6 Å². The minimum atomic E-state index is -1.98. The smallest absolute Gasteiger partial charge is 0.220 e. The average Bonchev–Trinajstić information content (AvgIpc) is 3.40. The molecule has 0 aromatic rings. The fraction of sp³-hybridized carbons (Fsp3) is 0.836. The van der Waals surface area contributed by atoms with Gasteiger partial charge in [-0.2, -0.15) is 0 Å². The maximum absolute atomic E-state index is 13.3. The van der Waals surface area contributed by atoms with Crippen LogP contribution >= 0.6 is 0 Å². The van der Waals surface area contributed by atoms with Crippen molar-refractivity contribution in [2.24, 2.45) is 0 Å². The predicted octanol–water partition coefficient (Wildman–Crippen LogP) is 3.53. The van der Waals surface area contributed by atoms with Gasteiger partial charge in [-0.05, 0) is 64.2 Å². The second kappa shape index (κ2) is 39.2. The molecule has 0 radical (unpaired) electrons. The van der Waals surface area contributed by atoms with Crippen LogP contribution in [-0.2, 0) is 33.2 Å². The molecule has 19 nitrogen and oxygen atoms in total. The summed E-state index contributed by atoms with van der Waals surface area (Å²) in [5.74, 6) is -0.299. The van der Waals surface area contributed by atoms with Crippen LogP contribution in [0.1, 0.15) is 162 Å². The molecule has 0 saturated carbocycles. The van der Waals surface area contributed by atoms with Crippen LogP contribution in [0.3, 0.4) is 0 Å². The number of unbranched alkanes of at least 4 members (excludes halogenated alkanes) is 17. The molecule has 19 heteroatoms. The Kier molecular flexibility index (Phi) is 34.9. The van der Waals surface area contributed by atoms with Crippen molar-refractivity contribution in [3.8, 4) is 0 Å². The molecule has 12 N–H and O–H groups in total. The summed E-state index contributed by atoms with van der Waals surface area (Å²) in [7, 11) is 0. The molecule has 0 aromatic carbocycles. The van der Waals surface area contributed by atoms with E-state index in [9.17, 15) is 61.0 Å². The zero-order chi connectivity index (χ0) is 54.1. The van der Waals surface area contributed by atoms with E-state index < -0.39 is 124 Å². The van der Waals surface area contributed by atoms with Gasteiger partial charge in [-0.1, -0.05) is 140 Å². The minimum Gasteiger partial charge on any atom is -0.394 e. The van der Waals surface area contributed by atoms with Gasteiger partial charge < -0.3 is 89.9 Å². The highest BCUT2D eigenvalue weighted by Crippen LogP contribution is 2.33. The number of rotatable bonds is 39. The van der Waals surface area contributed by atoms with E-state index in [4.69, 9.17) is 28.4 Å². The Morgan fingerprint density at radius 2 is 0.878 bits per heavy atom. The van der Waals surface area contributed by atoms with E-state index in [2.05, 4.69) is 55.6 Å². The standard InChI is InChI=1S/C55H97NO18/c1-3-5-7-9-11-13-15-17-18-19-20-21-23-25-27-29-31-33-43(61)56-38(39(60)32-30-28-26-24-22-16-14-12-10-8-6-4-2)37-69-53-49(67)46(64)51(41(35-58)71-53)74-55-50(68)47(65)52(42(36-59)72-55)73-54-48(66)45(63)44(62)40(34-57)70-54/h10,12,17-18,22,24,30,32,38-42,44-55,57-60,62-68H,3-9,11,13-16,19-21,23,25-29,31,33-37H2,1-2H3,(H,56,61)/b12-10+,18-17-,24-22+,32-30+. The molecule has 17 atom stereocenters. The van der Waals surface area contributed by atoms with Crippen LogP contribution < -0.4 is 5.32 Å². The summed E-state index contributed by atoms with van der Waals surface area (Å²) >= 11 is 0. The lowest BCUT2D eigenvalue weighted by Crippen LogP contribution is -2.66. The fourth-order valence-electron chi connectivity index (χ4n) is 9.14. The SMILES string of the molecule is CCCC/C=C/CC/C=C/CC/C=C/C(O)C(COC1OC(CO)C(OC2OC(CO)C(OC3OC(CO)C(O)C(O)C3O)C(O)C2O)C(O)C1O)NC(=O)CCCCCCCCC/C=C\CCCCCCCC. The van der Waals surface area contributed by atoms with Gasteiger partial charge in [-0.25, -0.2) is 0 Å². The van der Waals surface area contributed by atoms with E-state index in [0.29, 0.717) is 12.8 Å². The van der Waals surface area contributed by atoms with Crippen LogP contribution in [0, 0.1) is 0 Å². The molecule has 3 rings (SSSR count). The highest BCUT2D eigenvalue weighted by atomic mass is 16.8. The monoisotopic (exact) mass is 1060 g/mol. The maximum atomic E-state index is 13.3. The van der Waals surface area contributed by atoms with E-state index in [1.54, 1.807) is 6.08 Å². The molecule has 17 unspecified atom stereocenters. The molecule has 0 aromatic heterocycles. The van der Waals surface area contributed by atoms with Gasteiger partial charge in [0.1, 0.15) is 73.2 Å². The molecule has 74 heavy (non-hydrogen) atoms. The van der Waals surface area contributed by atoms with Crippen molar-refractivity contribution in [1.29, 1.82) is 0 Å². The van der Waals surface area contributed by atoms with Gasteiger partial charge in [0, 0.05) is 6.42 Å². The van der Waals surface area contributed by atoms with Crippen molar-refractivity contribution in [2.75, 3.05) is 26.4 Å². The van der Waals surface area contributed by atoms with Crippen LogP contribution in [0.2, 0.25) is 0 Å². The van der Waals surface area contributed by atoms with E-state index in [1.165, 1.54) is 70.6 Å². The summed E-state index contributed by atoms with van der Waals surface area (Å²) in [6.07, 6.45) is 13.9. The summed E-state index contributed by atoms with van der Waals surface area (Å²) in [6, 6.07) is -0.996. The number of allylic oxidation sites excluding steroid dienone is 7. The van der Waals surface area contributed by atoms with Gasteiger partial charge in [-0.15, -0.1) is 0 Å². The Balaban J connectivity index is 1.54. The lowest BCUT2D eigenvalue weighted by Gasteiger charge is -2.48. The van der Waals surface area contributed by atoms with Crippen LogP contribution in [0.5, 0.6) is 0 Å². The van der Waals surface area contributed by atoms with Crippen LogP contribution in [0.4, 0.5) is 0 Å². The van der Waals surface area contributed by atoms with E-state index in [-0.39, 0.29) is 18.9 Å². The second-order valence-electron chi connectivity index (χ2n) is 20.0. The fourth-order valence-corrected chi connectivity index (χ4v) is 9.14. The van der Waals surface area contributed by atoms with Gasteiger partial charge in [0.05, 0.1) is 38.6 Å². The van der Waals surface area contributed by atoms with E-state index >= 15 is 0 Å². The molecule has 0 bridgehead atoms. The van der Waals surface area contributed by atoms with Crippen molar-refractivity contribution in [1.82, 2.24) is 5.32 Å². The average molecular weight is 1060 g/mol. The first kappa shape index (κ1) is 66.0. The maximum Gasteiger partial charge on any atom is 0.220 e. The Hall–Kier alpha value is -2.25. The number of ether oxygens (including phenoxy) is 6. The molecule has 3 aliphatic heterocycles. The number of carbonyl (C=O) groups is 1. The number of nitrogens with one attached hydrogen (secondary N) is 1. The topological polar surface area (TPSA) is 307 Å². The van der Waals surface area contributed by atoms with Crippen LogP contribution in [0.25, 0.3) is 0 Å². The lowest BCUT2D eigenvalue weighted by atomic mass is 9.96. The lowest BCUT2D eigenvalue weighted by molar-refractivity contribution is -0.379. The van der Waals surface area contributed by atoms with Crippen molar-refractivity contribution in [3.63, 3.8) is 0 Å². The van der Waals surface area contributed by atoms with Gasteiger partial charge in [0.15, 0.2) is 18.9 Å². The minimum absolute atomic E-state index is 0.226. The van der Waals surface area contributed by atoms with Crippen molar-refractivity contribution in [2.45, 2.75) is 266 Å². The van der Waals surface area contributed by atoms with Crippen LogP contribution in [-0.4, -0.2) is 193 Å². The summed E-state index contributed by atoms with van der Waals surface area (Å²) in [5.41, 5.74) is 0. The summed E-state index contributed by atoms with van der Waals surface area (Å²) in [4.78, 5) is 13.3. The number of aliphatic hydroxyl groups excluding tert-OH is 11. The first-order valence-corrected chi connectivity index (χ1v) is 27.9. The van der Waals surface area contributed by atoms with Crippen molar-refractivity contribution < 1.29 is 89.4 Å². The number of hydrogen-bond acceptors (Lipinski definition) is 18. The number of hydrogen-bond donors (Lipinski definition) is 12. The molecular formula is C55H97NO18. The number of aliphatic hydroxyl groups is 11. The molecule has 3 saturated heterocycles. The molecule has 0 spiro atoms. The van der Waals surface area contributed by atoms with Gasteiger partial charge in [0.25, 0.3) is 0 Å². The van der Waals surface area contributed by atoms with Crippen LogP contribution in [0.15, 0.2) is 48.6 Å². The largest absolute Gasteiger partial charge is 0.394 e. The zero-order valence-corrected chi connectivity index (χ0v) is 44.3. The van der Waals surface area contributed by atoms with E-state index in [1.807, 2.05) is 6.08 Å². The number of amides is 1. The predicted molar refractivity (Wildman–Crippen MR) is 277 cm³/mol. The normalized spacial score (nSPS) is 31.8. The Bertz CT molecular complexity index is 1550. The molecule has 1 amide bonds. The molecular weight excluding hydrogens is 963 g/mol. The second-order valence-corrected chi connectivity index (χ2v) is 20.0. The Morgan fingerprint density at radius 1 is 0.473 bits per heavy atom. The van der Waals surface area contributed by atoms with Crippen molar-refractivity contribution >= 4 is 5.91 Å².